The Bertz CT molecular complexity index is 625. The summed E-state index contributed by atoms with van der Waals surface area (Å²) in [5.41, 5.74) is 3.39. The molecule has 4 heteroatoms. The minimum atomic E-state index is 0.173. The average Bonchev–Trinajstić information content (AvgIpc) is 2.44. The third-order valence-electron chi connectivity index (χ3n) is 3.57. The molecule has 0 saturated carbocycles. The van der Waals surface area contributed by atoms with Crippen molar-refractivity contribution in [2.24, 2.45) is 0 Å². The molecule has 0 fully saturated rings. The molecule has 2 aromatic rings. The molecule has 0 aliphatic rings. The molecule has 112 valence electrons. The van der Waals surface area contributed by atoms with Gasteiger partial charge in [0.25, 0.3) is 0 Å². The molecule has 0 aliphatic heterocycles. The lowest BCUT2D eigenvalue weighted by Gasteiger charge is -2.21. The lowest BCUT2D eigenvalue weighted by Crippen LogP contribution is -2.24. The SMILES string of the molecule is CCNC(Cc1ccc(Cl)cc1Cl)c1cccc(Cl)c1C. The van der Waals surface area contributed by atoms with Crippen LogP contribution in [0.2, 0.25) is 15.1 Å². The van der Waals surface area contributed by atoms with Gasteiger partial charge < -0.3 is 5.32 Å². The molecule has 0 bridgehead atoms. The smallest absolute Gasteiger partial charge is 0.0453 e. The lowest BCUT2D eigenvalue weighted by molar-refractivity contribution is 0.547. The molecular weight excluding hydrogens is 325 g/mol. The van der Waals surface area contributed by atoms with Gasteiger partial charge in [-0.3, -0.25) is 0 Å². The number of benzene rings is 2. The van der Waals surface area contributed by atoms with E-state index in [2.05, 4.69) is 18.3 Å². The molecule has 21 heavy (non-hydrogen) atoms. The number of likely N-dealkylation sites (N-methyl/N-ethyl adjacent to an activating group) is 1. The zero-order chi connectivity index (χ0) is 15.4. The van der Waals surface area contributed by atoms with Gasteiger partial charge >= 0.3 is 0 Å². The van der Waals surface area contributed by atoms with E-state index >= 15 is 0 Å². The Hall–Kier alpha value is -0.730. The van der Waals surface area contributed by atoms with Gasteiger partial charge in [-0.05, 0) is 54.8 Å². The first kappa shape index (κ1) is 16.6. The second-order valence-electron chi connectivity index (χ2n) is 5.00. The number of rotatable bonds is 5. The quantitative estimate of drug-likeness (QED) is 0.719. The second kappa shape index (κ2) is 7.51. The van der Waals surface area contributed by atoms with E-state index in [0.717, 1.165) is 29.1 Å². The molecule has 1 atom stereocenters. The zero-order valence-corrected chi connectivity index (χ0v) is 14.4. The van der Waals surface area contributed by atoms with Crippen molar-refractivity contribution in [2.45, 2.75) is 26.3 Å². The van der Waals surface area contributed by atoms with Crippen LogP contribution < -0.4 is 5.32 Å². The topological polar surface area (TPSA) is 12.0 Å². The van der Waals surface area contributed by atoms with Crippen LogP contribution in [0.15, 0.2) is 36.4 Å². The van der Waals surface area contributed by atoms with Crippen LogP contribution in [0.3, 0.4) is 0 Å². The summed E-state index contributed by atoms with van der Waals surface area (Å²) in [6.45, 7) is 5.02. The molecule has 0 saturated heterocycles. The fourth-order valence-corrected chi connectivity index (χ4v) is 3.11. The van der Waals surface area contributed by atoms with Crippen LogP contribution in [-0.2, 0) is 6.42 Å². The van der Waals surface area contributed by atoms with Crippen molar-refractivity contribution < 1.29 is 0 Å². The molecule has 0 amide bonds. The molecule has 0 heterocycles. The number of nitrogens with one attached hydrogen (secondary N) is 1. The van der Waals surface area contributed by atoms with Crippen molar-refractivity contribution in [3.8, 4) is 0 Å². The van der Waals surface area contributed by atoms with E-state index in [1.54, 1.807) is 6.07 Å². The third kappa shape index (κ3) is 4.14. The standard InChI is InChI=1S/C17H18Cl3N/c1-3-21-17(14-5-4-6-15(19)11(14)2)9-12-7-8-13(18)10-16(12)20/h4-8,10,17,21H,3,9H2,1-2H3. The molecule has 0 radical (unpaired) electrons. The van der Waals surface area contributed by atoms with Crippen LogP contribution in [0.1, 0.15) is 29.7 Å². The summed E-state index contributed by atoms with van der Waals surface area (Å²) >= 11 is 18.5. The minimum absolute atomic E-state index is 0.173. The van der Waals surface area contributed by atoms with E-state index in [0.29, 0.717) is 10.0 Å². The third-order valence-corrected chi connectivity index (χ3v) is 4.57. The Morgan fingerprint density at radius 2 is 1.81 bits per heavy atom. The van der Waals surface area contributed by atoms with Gasteiger partial charge in [-0.15, -0.1) is 0 Å². The maximum Gasteiger partial charge on any atom is 0.0453 e. The summed E-state index contributed by atoms with van der Waals surface area (Å²) in [4.78, 5) is 0. The maximum absolute atomic E-state index is 6.29. The molecule has 2 aromatic carbocycles. The Kier molecular flexibility index (Phi) is 5.95. The van der Waals surface area contributed by atoms with Crippen LogP contribution in [0, 0.1) is 6.92 Å². The van der Waals surface area contributed by atoms with Gasteiger partial charge in [-0.1, -0.05) is 59.9 Å². The molecule has 0 spiro atoms. The first-order valence-corrected chi connectivity index (χ1v) is 8.08. The zero-order valence-electron chi connectivity index (χ0n) is 12.1. The molecule has 2 rings (SSSR count). The van der Waals surface area contributed by atoms with Crippen molar-refractivity contribution in [1.82, 2.24) is 5.32 Å². The van der Waals surface area contributed by atoms with Gasteiger partial charge in [0.05, 0.1) is 0 Å². The van der Waals surface area contributed by atoms with Crippen LogP contribution in [0.25, 0.3) is 0 Å². The summed E-state index contributed by atoms with van der Waals surface area (Å²) in [7, 11) is 0. The predicted molar refractivity (Wildman–Crippen MR) is 92.8 cm³/mol. The summed E-state index contributed by atoms with van der Waals surface area (Å²) in [5, 5.41) is 5.65. The van der Waals surface area contributed by atoms with Crippen LogP contribution in [0.4, 0.5) is 0 Å². The van der Waals surface area contributed by atoms with E-state index in [4.69, 9.17) is 34.8 Å². The fourth-order valence-electron chi connectivity index (χ4n) is 2.45. The average molecular weight is 343 g/mol. The van der Waals surface area contributed by atoms with Gasteiger partial charge in [-0.25, -0.2) is 0 Å². The highest BCUT2D eigenvalue weighted by atomic mass is 35.5. The second-order valence-corrected chi connectivity index (χ2v) is 6.26. The Morgan fingerprint density at radius 3 is 2.48 bits per heavy atom. The number of hydrogen-bond acceptors (Lipinski definition) is 1. The van der Waals surface area contributed by atoms with Gasteiger partial charge in [0.15, 0.2) is 0 Å². The molecule has 0 aromatic heterocycles. The lowest BCUT2D eigenvalue weighted by atomic mass is 9.95. The predicted octanol–water partition coefficient (Wildman–Crippen LogP) is 5.85. The van der Waals surface area contributed by atoms with Gasteiger partial charge in [0.2, 0.25) is 0 Å². The van der Waals surface area contributed by atoms with Crippen molar-refractivity contribution >= 4 is 34.8 Å². The van der Waals surface area contributed by atoms with Crippen molar-refractivity contribution in [1.29, 1.82) is 0 Å². The molecule has 0 aliphatic carbocycles. The number of halogens is 3. The Balaban J connectivity index is 2.33. The summed E-state index contributed by atoms with van der Waals surface area (Å²) < 4.78 is 0. The maximum atomic E-state index is 6.29. The van der Waals surface area contributed by atoms with E-state index in [1.165, 1.54) is 5.56 Å². The molecular formula is C17H18Cl3N. The summed E-state index contributed by atoms with van der Waals surface area (Å²) in [6.07, 6.45) is 0.797. The molecule has 1 N–H and O–H groups in total. The van der Waals surface area contributed by atoms with Crippen molar-refractivity contribution in [3.63, 3.8) is 0 Å². The molecule has 1 nitrogen and oxygen atoms in total. The van der Waals surface area contributed by atoms with Gasteiger partial charge in [-0.2, -0.15) is 0 Å². The first-order chi connectivity index (χ1) is 10.0. The summed E-state index contributed by atoms with van der Waals surface area (Å²) in [6, 6.07) is 11.8. The largest absolute Gasteiger partial charge is 0.310 e. The minimum Gasteiger partial charge on any atom is -0.310 e. The van der Waals surface area contributed by atoms with Crippen molar-refractivity contribution in [3.05, 3.63) is 68.2 Å². The van der Waals surface area contributed by atoms with E-state index in [1.807, 2.05) is 31.2 Å². The van der Waals surface area contributed by atoms with E-state index < -0.39 is 0 Å². The Morgan fingerprint density at radius 1 is 1.05 bits per heavy atom. The monoisotopic (exact) mass is 341 g/mol. The van der Waals surface area contributed by atoms with Crippen molar-refractivity contribution in [2.75, 3.05) is 6.54 Å². The Labute approximate surface area is 141 Å². The highest BCUT2D eigenvalue weighted by Crippen LogP contribution is 2.29. The number of hydrogen-bond donors (Lipinski definition) is 1. The van der Waals surface area contributed by atoms with E-state index in [-0.39, 0.29) is 6.04 Å². The highest BCUT2D eigenvalue weighted by molar-refractivity contribution is 6.35. The fraction of sp³-hybridized carbons (Fsp3) is 0.294. The highest BCUT2D eigenvalue weighted by Gasteiger charge is 2.16. The molecule has 1 unspecified atom stereocenters. The normalized spacial score (nSPS) is 12.4. The van der Waals surface area contributed by atoms with Gasteiger partial charge in [0, 0.05) is 21.1 Å². The van der Waals surface area contributed by atoms with Gasteiger partial charge in [0.1, 0.15) is 0 Å². The van der Waals surface area contributed by atoms with E-state index in [9.17, 15) is 0 Å². The first-order valence-electron chi connectivity index (χ1n) is 6.95. The van der Waals surface area contributed by atoms with Crippen LogP contribution >= 0.6 is 34.8 Å². The summed E-state index contributed by atoms with van der Waals surface area (Å²) in [5.74, 6) is 0. The van der Waals surface area contributed by atoms with Crippen LogP contribution in [0.5, 0.6) is 0 Å². The van der Waals surface area contributed by atoms with Crippen LogP contribution in [-0.4, -0.2) is 6.54 Å².